The molecule has 0 aromatic rings. The molecule has 0 spiro atoms. The highest BCUT2D eigenvalue weighted by molar-refractivity contribution is 7.20. The van der Waals surface area contributed by atoms with E-state index in [-0.39, 0.29) is 8.61 Å². The molecule has 0 unspecified atom stereocenters. The predicted molar refractivity (Wildman–Crippen MR) is 33.9 cm³/mol. The molecule has 48 valence electrons. The standard InChI is InChI=1S/C4H11N2OP/c1-5(2)4-6(3)8-7/h4H2,1-3H3. The molecule has 0 aliphatic heterocycles. The van der Waals surface area contributed by atoms with E-state index in [1.54, 1.807) is 11.7 Å². The maximum Gasteiger partial charge on any atom is 0.249 e. The van der Waals surface area contributed by atoms with Crippen LogP contribution >= 0.6 is 8.61 Å². The van der Waals surface area contributed by atoms with Crippen LogP contribution in [0.3, 0.4) is 0 Å². The summed E-state index contributed by atoms with van der Waals surface area (Å²) in [6.45, 7) is 0.727. The Morgan fingerprint density at radius 3 is 2.00 bits per heavy atom. The van der Waals surface area contributed by atoms with Crippen LogP contribution in [-0.4, -0.2) is 37.4 Å². The minimum atomic E-state index is 0.0804. The van der Waals surface area contributed by atoms with Crippen LogP contribution in [0.5, 0.6) is 0 Å². The second-order valence-corrected chi connectivity index (χ2v) is 2.81. The molecule has 0 aliphatic rings. The van der Waals surface area contributed by atoms with Crippen molar-refractivity contribution in [3.8, 4) is 0 Å². The highest BCUT2D eigenvalue weighted by Gasteiger charge is 1.94. The van der Waals surface area contributed by atoms with Gasteiger partial charge in [-0.2, -0.15) is 0 Å². The van der Waals surface area contributed by atoms with Gasteiger partial charge in [-0.25, -0.2) is 4.67 Å². The molecule has 0 aromatic heterocycles. The Morgan fingerprint density at radius 1 is 1.38 bits per heavy atom. The molecule has 0 aromatic carbocycles. The minimum absolute atomic E-state index is 0.0804. The van der Waals surface area contributed by atoms with Crippen molar-refractivity contribution in [2.24, 2.45) is 0 Å². The fourth-order valence-corrected chi connectivity index (χ4v) is 0.740. The van der Waals surface area contributed by atoms with Gasteiger partial charge in [-0.15, -0.1) is 0 Å². The first-order valence-electron chi connectivity index (χ1n) is 2.36. The van der Waals surface area contributed by atoms with Gasteiger partial charge in [-0.1, -0.05) is 0 Å². The van der Waals surface area contributed by atoms with Gasteiger partial charge in [0.05, 0.1) is 6.67 Å². The minimum Gasteiger partial charge on any atom is -0.296 e. The Labute approximate surface area is 51.5 Å². The number of hydrogen-bond donors (Lipinski definition) is 0. The van der Waals surface area contributed by atoms with E-state index in [0.717, 1.165) is 6.67 Å². The first kappa shape index (κ1) is 8.02. The van der Waals surface area contributed by atoms with E-state index >= 15 is 0 Å². The van der Waals surface area contributed by atoms with Gasteiger partial charge in [0.15, 0.2) is 0 Å². The molecule has 8 heavy (non-hydrogen) atoms. The largest absolute Gasteiger partial charge is 0.296 e. The maximum atomic E-state index is 10.0. The lowest BCUT2D eigenvalue weighted by atomic mass is 10.9. The van der Waals surface area contributed by atoms with E-state index in [9.17, 15) is 4.57 Å². The van der Waals surface area contributed by atoms with Crippen molar-refractivity contribution in [1.82, 2.24) is 9.57 Å². The molecule has 4 heteroatoms. The van der Waals surface area contributed by atoms with Crippen molar-refractivity contribution in [2.45, 2.75) is 0 Å². The summed E-state index contributed by atoms with van der Waals surface area (Å²) in [7, 11) is 5.73. The molecular formula is C4H11N2OP. The van der Waals surface area contributed by atoms with Gasteiger partial charge in [-0.3, -0.25) is 9.46 Å². The van der Waals surface area contributed by atoms with Gasteiger partial charge < -0.3 is 0 Å². The second-order valence-electron chi connectivity index (χ2n) is 1.96. The zero-order valence-electron chi connectivity index (χ0n) is 5.46. The highest BCUT2D eigenvalue weighted by atomic mass is 31.1. The van der Waals surface area contributed by atoms with Crippen LogP contribution < -0.4 is 0 Å². The number of hydrogen-bond acceptors (Lipinski definition) is 2. The van der Waals surface area contributed by atoms with E-state index in [1.807, 2.05) is 19.0 Å². The van der Waals surface area contributed by atoms with Crippen LogP contribution in [0.15, 0.2) is 0 Å². The Hall–Kier alpha value is 0.0200. The van der Waals surface area contributed by atoms with Crippen LogP contribution in [0.25, 0.3) is 0 Å². The quantitative estimate of drug-likeness (QED) is 0.418. The Bertz CT molecular complexity index is 76.4. The molecular weight excluding hydrogens is 123 g/mol. The average molecular weight is 134 g/mol. The fourth-order valence-electron chi connectivity index (χ4n) is 0.435. The van der Waals surface area contributed by atoms with Crippen molar-refractivity contribution in [1.29, 1.82) is 0 Å². The third-order valence-corrected chi connectivity index (χ3v) is 1.03. The Balaban J connectivity index is 3.23. The number of rotatable bonds is 3. The number of nitrogens with zero attached hydrogens (tertiary/aromatic N) is 2. The van der Waals surface area contributed by atoms with Crippen molar-refractivity contribution in [3.05, 3.63) is 0 Å². The van der Waals surface area contributed by atoms with Crippen LogP contribution in [-0.2, 0) is 4.57 Å². The molecule has 0 aliphatic carbocycles. The van der Waals surface area contributed by atoms with Crippen molar-refractivity contribution in [3.63, 3.8) is 0 Å². The predicted octanol–water partition coefficient (Wildman–Crippen LogP) is 0.644. The molecule has 0 rings (SSSR count). The lowest BCUT2D eigenvalue weighted by molar-refractivity contribution is 0.303. The molecule has 0 heterocycles. The summed E-state index contributed by atoms with van der Waals surface area (Å²) in [5, 5.41) is 0. The Kier molecular flexibility index (Phi) is 3.97. The molecule has 0 saturated heterocycles. The smallest absolute Gasteiger partial charge is 0.249 e. The summed E-state index contributed by atoms with van der Waals surface area (Å²) in [6.07, 6.45) is 0. The van der Waals surface area contributed by atoms with Crippen molar-refractivity contribution in [2.75, 3.05) is 27.8 Å². The van der Waals surface area contributed by atoms with Gasteiger partial charge >= 0.3 is 0 Å². The lowest BCUT2D eigenvalue weighted by Crippen LogP contribution is -2.23. The van der Waals surface area contributed by atoms with Gasteiger partial charge in [0.2, 0.25) is 8.61 Å². The van der Waals surface area contributed by atoms with Crippen LogP contribution in [0.1, 0.15) is 0 Å². The molecule has 0 saturated carbocycles. The van der Waals surface area contributed by atoms with E-state index in [1.165, 1.54) is 0 Å². The second kappa shape index (κ2) is 3.96. The lowest BCUT2D eigenvalue weighted by Gasteiger charge is -2.12. The van der Waals surface area contributed by atoms with E-state index < -0.39 is 0 Å². The normalized spacial score (nSPS) is 11.6. The average Bonchev–Trinajstić information content (AvgIpc) is 1.65. The first-order chi connectivity index (χ1) is 3.66. The zero-order chi connectivity index (χ0) is 6.57. The Morgan fingerprint density at radius 2 is 1.88 bits per heavy atom. The summed E-state index contributed by atoms with van der Waals surface area (Å²) >= 11 is 0. The molecule has 3 nitrogen and oxygen atoms in total. The van der Waals surface area contributed by atoms with Crippen LogP contribution in [0.2, 0.25) is 0 Å². The summed E-state index contributed by atoms with van der Waals surface area (Å²) in [5.74, 6) is 0. The first-order valence-corrected chi connectivity index (χ1v) is 3.12. The van der Waals surface area contributed by atoms with Gasteiger partial charge in [0, 0.05) is 0 Å². The summed E-state index contributed by atoms with van der Waals surface area (Å²) in [5.41, 5.74) is 0. The van der Waals surface area contributed by atoms with Crippen LogP contribution in [0, 0.1) is 0 Å². The van der Waals surface area contributed by atoms with Gasteiger partial charge in [-0.05, 0) is 21.1 Å². The zero-order valence-corrected chi connectivity index (χ0v) is 6.35. The molecule has 0 radical (unpaired) electrons. The van der Waals surface area contributed by atoms with Crippen molar-refractivity contribution < 1.29 is 4.57 Å². The third kappa shape index (κ3) is 4.19. The maximum absolute atomic E-state index is 10.0. The molecule has 0 bridgehead atoms. The SMILES string of the molecule is CN(C)CN(C)P=O. The monoisotopic (exact) mass is 134 g/mol. The van der Waals surface area contributed by atoms with E-state index in [4.69, 9.17) is 0 Å². The molecule has 0 atom stereocenters. The molecule has 0 N–H and O–H groups in total. The van der Waals surface area contributed by atoms with E-state index in [2.05, 4.69) is 0 Å². The molecule has 0 amide bonds. The van der Waals surface area contributed by atoms with Gasteiger partial charge in [0.1, 0.15) is 0 Å². The highest BCUT2D eigenvalue weighted by Crippen LogP contribution is 1.98. The summed E-state index contributed by atoms with van der Waals surface area (Å²) in [6, 6.07) is 0. The third-order valence-electron chi connectivity index (χ3n) is 0.627. The molecule has 0 fully saturated rings. The van der Waals surface area contributed by atoms with Crippen molar-refractivity contribution >= 4 is 8.61 Å². The fraction of sp³-hybridized carbons (Fsp3) is 1.00. The summed E-state index contributed by atoms with van der Waals surface area (Å²) in [4.78, 5) is 1.95. The van der Waals surface area contributed by atoms with Crippen LogP contribution in [0.4, 0.5) is 0 Å². The summed E-state index contributed by atoms with van der Waals surface area (Å²) < 4.78 is 11.7. The van der Waals surface area contributed by atoms with E-state index in [0.29, 0.717) is 0 Å². The van der Waals surface area contributed by atoms with Gasteiger partial charge in [0.25, 0.3) is 0 Å². The topological polar surface area (TPSA) is 23.6 Å².